The van der Waals surface area contributed by atoms with E-state index in [2.05, 4.69) is 10.3 Å². The van der Waals surface area contributed by atoms with Gasteiger partial charge in [-0.05, 0) is 12.5 Å². The van der Waals surface area contributed by atoms with Crippen molar-refractivity contribution in [2.75, 3.05) is 6.54 Å². The first-order valence-electron chi connectivity index (χ1n) is 5.21. The molecule has 16 heavy (non-hydrogen) atoms. The van der Waals surface area contributed by atoms with E-state index in [1.165, 1.54) is 12.4 Å². The van der Waals surface area contributed by atoms with Crippen LogP contribution in [0.2, 0.25) is 5.02 Å². The van der Waals surface area contributed by atoms with E-state index >= 15 is 0 Å². The third-order valence-electron chi connectivity index (χ3n) is 2.13. The predicted molar refractivity (Wildman–Crippen MR) is 62.5 cm³/mol. The van der Waals surface area contributed by atoms with Gasteiger partial charge in [-0.15, -0.1) is 0 Å². The second kappa shape index (κ2) is 6.45. The van der Waals surface area contributed by atoms with Crippen LogP contribution in [0.25, 0.3) is 0 Å². The number of amides is 1. The van der Waals surface area contributed by atoms with Crippen LogP contribution < -0.4 is 5.32 Å². The number of halogens is 1. The summed E-state index contributed by atoms with van der Waals surface area (Å²) in [4.78, 5) is 15.4. The number of hydrogen-bond acceptors (Lipinski definition) is 3. The molecule has 1 amide bonds. The van der Waals surface area contributed by atoms with Crippen molar-refractivity contribution in [1.82, 2.24) is 10.3 Å². The maximum absolute atomic E-state index is 11.6. The summed E-state index contributed by atoms with van der Waals surface area (Å²) in [6, 6.07) is 1.55. The summed E-state index contributed by atoms with van der Waals surface area (Å²) >= 11 is 5.83. The van der Waals surface area contributed by atoms with E-state index in [1.807, 2.05) is 6.92 Å². The molecule has 0 aromatic carbocycles. The van der Waals surface area contributed by atoms with Crippen LogP contribution in [0.15, 0.2) is 18.5 Å². The summed E-state index contributed by atoms with van der Waals surface area (Å²) in [7, 11) is 0. The Balaban J connectivity index is 2.50. The molecule has 0 aliphatic heterocycles. The number of aliphatic hydroxyl groups is 1. The predicted octanol–water partition coefficient (Wildman–Crippen LogP) is 1.63. The minimum Gasteiger partial charge on any atom is -0.391 e. The molecule has 1 heterocycles. The normalized spacial score (nSPS) is 12.2. The summed E-state index contributed by atoms with van der Waals surface area (Å²) in [5, 5.41) is 12.4. The molecule has 0 fully saturated rings. The molecule has 0 aliphatic rings. The topological polar surface area (TPSA) is 62.2 Å². The van der Waals surface area contributed by atoms with Crippen molar-refractivity contribution in [3.8, 4) is 0 Å². The van der Waals surface area contributed by atoms with Gasteiger partial charge in [-0.1, -0.05) is 24.9 Å². The summed E-state index contributed by atoms with van der Waals surface area (Å²) < 4.78 is 0. The number of pyridine rings is 1. The van der Waals surface area contributed by atoms with Gasteiger partial charge in [0, 0.05) is 18.9 Å². The number of nitrogens with zero attached hydrogens (tertiary/aromatic N) is 1. The van der Waals surface area contributed by atoms with Crippen LogP contribution in [0.4, 0.5) is 0 Å². The molecule has 1 aromatic heterocycles. The van der Waals surface area contributed by atoms with Crippen molar-refractivity contribution in [3.05, 3.63) is 29.0 Å². The molecule has 1 aromatic rings. The van der Waals surface area contributed by atoms with Gasteiger partial charge in [0.05, 0.1) is 16.7 Å². The molecule has 0 aliphatic carbocycles. The van der Waals surface area contributed by atoms with Gasteiger partial charge in [-0.25, -0.2) is 0 Å². The summed E-state index contributed by atoms with van der Waals surface area (Å²) in [5.41, 5.74) is 0.327. The third-order valence-corrected chi connectivity index (χ3v) is 2.46. The van der Waals surface area contributed by atoms with E-state index in [0.717, 1.165) is 6.42 Å². The summed E-state index contributed by atoms with van der Waals surface area (Å²) in [5.74, 6) is -0.312. The van der Waals surface area contributed by atoms with Gasteiger partial charge < -0.3 is 10.4 Å². The van der Waals surface area contributed by atoms with Crippen LogP contribution in [-0.2, 0) is 0 Å². The fourth-order valence-corrected chi connectivity index (χ4v) is 1.48. The molecule has 2 N–H and O–H groups in total. The zero-order chi connectivity index (χ0) is 12.0. The largest absolute Gasteiger partial charge is 0.391 e. The Kier molecular flexibility index (Phi) is 5.22. The second-order valence-electron chi connectivity index (χ2n) is 3.51. The van der Waals surface area contributed by atoms with Crippen LogP contribution in [-0.4, -0.2) is 28.6 Å². The van der Waals surface area contributed by atoms with Gasteiger partial charge in [-0.2, -0.15) is 0 Å². The quantitative estimate of drug-likeness (QED) is 0.825. The summed E-state index contributed by atoms with van der Waals surface area (Å²) in [6.45, 7) is 2.21. The molecule has 0 radical (unpaired) electrons. The van der Waals surface area contributed by atoms with Crippen molar-refractivity contribution in [1.29, 1.82) is 0 Å². The molecular weight excluding hydrogens is 228 g/mol. The van der Waals surface area contributed by atoms with Crippen LogP contribution >= 0.6 is 11.6 Å². The van der Waals surface area contributed by atoms with Crippen LogP contribution in [0.1, 0.15) is 30.1 Å². The number of nitrogens with one attached hydrogen (secondary N) is 1. The lowest BCUT2D eigenvalue weighted by molar-refractivity contribution is 0.0910. The van der Waals surface area contributed by atoms with E-state index < -0.39 is 6.10 Å². The third kappa shape index (κ3) is 3.79. The standard InChI is InChI=1S/C11H15ClN2O2/c1-2-3-8(15)6-14-11(16)9-7-13-5-4-10(9)12/h4-5,7-8,15H,2-3,6H2,1H3,(H,14,16). The van der Waals surface area contributed by atoms with Gasteiger partial charge in [0.15, 0.2) is 0 Å². The minimum atomic E-state index is -0.510. The number of carbonyl (C=O) groups excluding carboxylic acids is 1. The second-order valence-corrected chi connectivity index (χ2v) is 3.92. The maximum atomic E-state index is 11.6. The van der Waals surface area contributed by atoms with E-state index in [0.29, 0.717) is 17.0 Å². The van der Waals surface area contributed by atoms with E-state index in [9.17, 15) is 9.90 Å². The first-order chi connectivity index (χ1) is 7.65. The molecule has 88 valence electrons. The SMILES string of the molecule is CCCC(O)CNC(=O)c1cnccc1Cl. The number of aromatic nitrogens is 1. The molecule has 1 unspecified atom stereocenters. The maximum Gasteiger partial charge on any atom is 0.254 e. The van der Waals surface area contributed by atoms with Gasteiger partial charge in [0.25, 0.3) is 5.91 Å². The van der Waals surface area contributed by atoms with Gasteiger partial charge in [0.1, 0.15) is 0 Å². The molecule has 5 heteroatoms. The molecular formula is C11H15ClN2O2. The Morgan fingerprint density at radius 2 is 2.44 bits per heavy atom. The van der Waals surface area contributed by atoms with Crippen LogP contribution in [0.5, 0.6) is 0 Å². The lowest BCUT2D eigenvalue weighted by Gasteiger charge is -2.10. The molecule has 0 spiro atoms. The first kappa shape index (κ1) is 12.9. The van der Waals surface area contributed by atoms with Crippen molar-refractivity contribution < 1.29 is 9.90 Å². The number of rotatable bonds is 5. The van der Waals surface area contributed by atoms with Gasteiger partial charge in [0.2, 0.25) is 0 Å². The smallest absolute Gasteiger partial charge is 0.254 e. The molecule has 0 saturated heterocycles. The van der Waals surface area contributed by atoms with Crippen molar-refractivity contribution >= 4 is 17.5 Å². The van der Waals surface area contributed by atoms with Crippen LogP contribution in [0, 0.1) is 0 Å². The molecule has 1 rings (SSSR count). The number of hydrogen-bond donors (Lipinski definition) is 2. The first-order valence-corrected chi connectivity index (χ1v) is 5.58. The Labute approximate surface area is 99.6 Å². The van der Waals surface area contributed by atoms with Crippen LogP contribution in [0.3, 0.4) is 0 Å². The van der Waals surface area contributed by atoms with Gasteiger partial charge in [-0.3, -0.25) is 9.78 Å². The highest BCUT2D eigenvalue weighted by Crippen LogP contribution is 2.12. The Morgan fingerprint density at radius 3 is 3.06 bits per heavy atom. The lowest BCUT2D eigenvalue weighted by atomic mass is 10.2. The molecule has 0 saturated carbocycles. The fraction of sp³-hybridized carbons (Fsp3) is 0.455. The highest BCUT2D eigenvalue weighted by Gasteiger charge is 2.11. The molecule has 1 atom stereocenters. The Hall–Kier alpha value is -1.13. The molecule has 4 nitrogen and oxygen atoms in total. The highest BCUT2D eigenvalue weighted by atomic mass is 35.5. The lowest BCUT2D eigenvalue weighted by Crippen LogP contribution is -2.32. The Bertz CT molecular complexity index is 358. The van der Waals surface area contributed by atoms with Crippen molar-refractivity contribution in [3.63, 3.8) is 0 Å². The number of carbonyl (C=O) groups is 1. The van der Waals surface area contributed by atoms with E-state index in [-0.39, 0.29) is 12.5 Å². The highest BCUT2D eigenvalue weighted by molar-refractivity contribution is 6.33. The minimum absolute atomic E-state index is 0.234. The average Bonchev–Trinajstić information content (AvgIpc) is 2.27. The Morgan fingerprint density at radius 1 is 1.69 bits per heavy atom. The van der Waals surface area contributed by atoms with E-state index in [4.69, 9.17) is 11.6 Å². The zero-order valence-electron chi connectivity index (χ0n) is 9.11. The monoisotopic (exact) mass is 242 g/mol. The number of aliphatic hydroxyl groups excluding tert-OH is 1. The average molecular weight is 243 g/mol. The van der Waals surface area contributed by atoms with E-state index in [1.54, 1.807) is 6.07 Å². The van der Waals surface area contributed by atoms with Crippen molar-refractivity contribution in [2.45, 2.75) is 25.9 Å². The van der Waals surface area contributed by atoms with Crippen molar-refractivity contribution in [2.24, 2.45) is 0 Å². The fourth-order valence-electron chi connectivity index (χ4n) is 1.29. The molecule has 0 bridgehead atoms. The van der Waals surface area contributed by atoms with Gasteiger partial charge >= 0.3 is 0 Å². The zero-order valence-corrected chi connectivity index (χ0v) is 9.87. The summed E-state index contributed by atoms with van der Waals surface area (Å²) in [6.07, 6.45) is 3.96.